The third kappa shape index (κ3) is 3.95. The predicted molar refractivity (Wildman–Crippen MR) is 76.4 cm³/mol. The van der Waals surface area contributed by atoms with E-state index in [1.54, 1.807) is 7.11 Å². The molecule has 0 saturated heterocycles. The van der Waals surface area contributed by atoms with Gasteiger partial charge in [0.2, 0.25) is 0 Å². The van der Waals surface area contributed by atoms with Gasteiger partial charge in [-0.05, 0) is 24.8 Å². The van der Waals surface area contributed by atoms with E-state index < -0.39 is 5.60 Å². The molecule has 1 aromatic rings. The molecule has 1 aromatic carbocycles. The highest BCUT2D eigenvalue weighted by molar-refractivity contribution is 5.74. The van der Waals surface area contributed by atoms with Crippen molar-refractivity contribution in [2.24, 2.45) is 0 Å². The predicted octanol–water partition coefficient (Wildman–Crippen LogP) is 1.59. The molecular weight excluding hydrogens is 256 g/mol. The lowest BCUT2D eigenvalue weighted by molar-refractivity contribution is -0.0291. The van der Waals surface area contributed by atoms with Gasteiger partial charge >= 0.3 is 6.03 Å². The summed E-state index contributed by atoms with van der Waals surface area (Å²) in [5, 5.41) is 15.5. The van der Waals surface area contributed by atoms with Gasteiger partial charge in [0.05, 0.1) is 18.2 Å². The van der Waals surface area contributed by atoms with Crippen molar-refractivity contribution in [2.45, 2.75) is 30.9 Å². The van der Waals surface area contributed by atoms with Gasteiger partial charge in [0, 0.05) is 13.7 Å². The van der Waals surface area contributed by atoms with Crippen LogP contribution in [0.5, 0.6) is 0 Å². The molecule has 0 aliphatic heterocycles. The minimum Gasteiger partial charge on any atom is -0.388 e. The standard InChI is InChI=1S/C15H22N2O3/c1-20-10-13(12-6-3-2-4-7-12)17-14(18)16-11-15(19)8-5-9-15/h2-4,6-7,13,19H,5,8-11H2,1H3,(H2,16,17,18). The fourth-order valence-corrected chi connectivity index (χ4v) is 2.29. The van der Waals surface area contributed by atoms with E-state index >= 15 is 0 Å². The third-order valence-electron chi connectivity index (χ3n) is 3.70. The van der Waals surface area contributed by atoms with Gasteiger partial charge in [0.15, 0.2) is 0 Å². The SMILES string of the molecule is COCC(NC(=O)NCC1(O)CCC1)c1ccccc1. The zero-order valence-electron chi connectivity index (χ0n) is 11.8. The summed E-state index contributed by atoms with van der Waals surface area (Å²) in [4.78, 5) is 11.9. The maximum absolute atomic E-state index is 11.9. The number of methoxy groups -OCH3 is 1. The van der Waals surface area contributed by atoms with E-state index in [0.29, 0.717) is 13.2 Å². The highest BCUT2D eigenvalue weighted by Gasteiger charge is 2.34. The van der Waals surface area contributed by atoms with Crippen LogP contribution in [-0.4, -0.2) is 37.0 Å². The zero-order chi connectivity index (χ0) is 14.4. The Balaban J connectivity index is 1.86. The number of carbonyl (C=O) groups excluding carboxylic acids is 1. The Morgan fingerprint density at radius 2 is 2.10 bits per heavy atom. The molecule has 0 aromatic heterocycles. The number of rotatable bonds is 6. The molecule has 2 amide bonds. The lowest BCUT2D eigenvalue weighted by Gasteiger charge is -2.36. The first-order chi connectivity index (χ1) is 9.63. The molecule has 1 aliphatic carbocycles. The van der Waals surface area contributed by atoms with Crippen LogP contribution in [-0.2, 0) is 4.74 Å². The lowest BCUT2D eigenvalue weighted by atomic mass is 9.80. The van der Waals surface area contributed by atoms with E-state index in [4.69, 9.17) is 4.74 Å². The number of hydrogen-bond donors (Lipinski definition) is 3. The molecule has 1 unspecified atom stereocenters. The summed E-state index contributed by atoms with van der Waals surface area (Å²) >= 11 is 0. The second kappa shape index (κ2) is 6.72. The molecular formula is C15H22N2O3. The van der Waals surface area contributed by atoms with E-state index in [1.807, 2.05) is 30.3 Å². The quantitative estimate of drug-likeness (QED) is 0.740. The first kappa shape index (κ1) is 14.8. The largest absolute Gasteiger partial charge is 0.388 e. The van der Waals surface area contributed by atoms with Gasteiger partial charge in [-0.25, -0.2) is 4.79 Å². The van der Waals surface area contributed by atoms with Crippen molar-refractivity contribution in [1.82, 2.24) is 10.6 Å². The van der Waals surface area contributed by atoms with Crippen LogP contribution in [0.3, 0.4) is 0 Å². The lowest BCUT2D eigenvalue weighted by Crippen LogP contribution is -2.50. The van der Waals surface area contributed by atoms with Crippen LogP contribution < -0.4 is 10.6 Å². The van der Waals surface area contributed by atoms with E-state index in [9.17, 15) is 9.90 Å². The minimum absolute atomic E-state index is 0.197. The second-order valence-corrected chi connectivity index (χ2v) is 5.32. The maximum Gasteiger partial charge on any atom is 0.315 e. The van der Waals surface area contributed by atoms with E-state index in [1.165, 1.54) is 0 Å². The fourth-order valence-electron chi connectivity index (χ4n) is 2.29. The molecule has 1 saturated carbocycles. The smallest absolute Gasteiger partial charge is 0.315 e. The van der Waals surface area contributed by atoms with Crippen molar-refractivity contribution in [3.05, 3.63) is 35.9 Å². The average Bonchev–Trinajstić information content (AvgIpc) is 2.43. The third-order valence-corrected chi connectivity index (χ3v) is 3.70. The molecule has 3 N–H and O–H groups in total. The first-order valence-corrected chi connectivity index (χ1v) is 6.94. The number of carbonyl (C=O) groups is 1. The first-order valence-electron chi connectivity index (χ1n) is 6.94. The van der Waals surface area contributed by atoms with Gasteiger partial charge in [0.1, 0.15) is 0 Å². The summed E-state index contributed by atoms with van der Waals surface area (Å²) in [6.45, 7) is 0.703. The van der Waals surface area contributed by atoms with Gasteiger partial charge in [-0.3, -0.25) is 0 Å². The van der Waals surface area contributed by atoms with Gasteiger partial charge < -0.3 is 20.5 Å². The Bertz CT molecular complexity index is 432. The molecule has 1 fully saturated rings. The van der Waals surface area contributed by atoms with Gasteiger partial charge in [-0.1, -0.05) is 30.3 Å². The van der Waals surface area contributed by atoms with Gasteiger partial charge in [0.25, 0.3) is 0 Å². The minimum atomic E-state index is -0.708. The fraction of sp³-hybridized carbons (Fsp3) is 0.533. The molecule has 0 spiro atoms. The number of amides is 2. The average molecular weight is 278 g/mol. The molecule has 1 aliphatic rings. The number of benzene rings is 1. The van der Waals surface area contributed by atoms with Crippen molar-refractivity contribution in [2.75, 3.05) is 20.3 Å². The summed E-state index contributed by atoms with van der Waals surface area (Å²) < 4.78 is 5.15. The van der Waals surface area contributed by atoms with E-state index in [0.717, 1.165) is 24.8 Å². The molecule has 5 nitrogen and oxygen atoms in total. The van der Waals surface area contributed by atoms with Crippen LogP contribution in [0.1, 0.15) is 30.9 Å². The number of nitrogens with one attached hydrogen (secondary N) is 2. The Hall–Kier alpha value is -1.59. The Labute approximate surface area is 119 Å². The summed E-state index contributed by atoms with van der Waals surface area (Å²) in [5.74, 6) is 0. The van der Waals surface area contributed by atoms with Gasteiger partial charge in [-0.2, -0.15) is 0 Å². The summed E-state index contributed by atoms with van der Waals surface area (Å²) in [7, 11) is 1.60. The zero-order valence-corrected chi connectivity index (χ0v) is 11.8. The van der Waals surface area contributed by atoms with Crippen LogP contribution in [0.2, 0.25) is 0 Å². The normalized spacial score (nSPS) is 17.9. The molecule has 2 rings (SSSR count). The summed E-state index contributed by atoms with van der Waals surface area (Å²) in [6.07, 6.45) is 2.54. The Morgan fingerprint density at radius 3 is 2.65 bits per heavy atom. The molecule has 0 radical (unpaired) electrons. The molecule has 0 heterocycles. The highest BCUT2D eigenvalue weighted by Crippen LogP contribution is 2.30. The van der Waals surface area contributed by atoms with E-state index in [2.05, 4.69) is 10.6 Å². The van der Waals surface area contributed by atoms with Crippen molar-refractivity contribution in [3.63, 3.8) is 0 Å². The molecule has 1 atom stereocenters. The Morgan fingerprint density at radius 1 is 1.40 bits per heavy atom. The van der Waals surface area contributed by atoms with Crippen LogP contribution in [0, 0.1) is 0 Å². The Kier molecular flexibility index (Phi) is 4.98. The molecule has 5 heteroatoms. The van der Waals surface area contributed by atoms with Crippen LogP contribution in [0.4, 0.5) is 4.79 Å². The van der Waals surface area contributed by atoms with Crippen molar-refractivity contribution in [1.29, 1.82) is 0 Å². The second-order valence-electron chi connectivity index (χ2n) is 5.32. The van der Waals surface area contributed by atoms with Crippen LogP contribution in [0.25, 0.3) is 0 Å². The van der Waals surface area contributed by atoms with Crippen molar-refractivity contribution < 1.29 is 14.6 Å². The number of urea groups is 1. The van der Waals surface area contributed by atoms with Crippen molar-refractivity contribution in [3.8, 4) is 0 Å². The van der Waals surface area contributed by atoms with E-state index in [-0.39, 0.29) is 12.1 Å². The number of aliphatic hydroxyl groups is 1. The number of hydrogen-bond acceptors (Lipinski definition) is 3. The molecule has 0 bridgehead atoms. The monoisotopic (exact) mass is 278 g/mol. The summed E-state index contributed by atoms with van der Waals surface area (Å²) in [5.41, 5.74) is 0.285. The van der Waals surface area contributed by atoms with Crippen LogP contribution in [0.15, 0.2) is 30.3 Å². The topological polar surface area (TPSA) is 70.6 Å². The molecule has 110 valence electrons. The maximum atomic E-state index is 11.9. The highest BCUT2D eigenvalue weighted by atomic mass is 16.5. The molecule has 20 heavy (non-hydrogen) atoms. The van der Waals surface area contributed by atoms with Gasteiger partial charge in [-0.15, -0.1) is 0 Å². The van der Waals surface area contributed by atoms with Crippen LogP contribution >= 0.6 is 0 Å². The summed E-state index contributed by atoms with van der Waals surface area (Å²) in [6, 6.07) is 9.20. The van der Waals surface area contributed by atoms with Crippen molar-refractivity contribution >= 4 is 6.03 Å². The number of ether oxygens (including phenoxy) is 1.